The van der Waals surface area contributed by atoms with Crippen LogP contribution in [-0.2, 0) is 19.1 Å². The molecule has 4 N–H and O–H groups in total. The van der Waals surface area contributed by atoms with E-state index in [4.69, 9.17) is 9.47 Å². The minimum Gasteiger partial charge on any atom is -0.453 e. The van der Waals surface area contributed by atoms with Crippen molar-refractivity contribution in [3.05, 3.63) is 96.0 Å². The van der Waals surface area contributed by atoms with Crippen LogP contribution in [0.3, 0.4) is 0 Å². The average molecular weight is 761 g/mol. The molecule has 14 heteroatoms. The van der Waals surface area contributed by atoms with E-state index in [1.807, 2.05) is 36.4 Å². The molecule has 56 heavy (non-hydrogen) atoms. The number of allylic oxidation sites excluding steroid dienone is 1. The second-order valence-electron chi connectivity index (χ2n) is 14.7. The molecule has 1 saturated heterocycles. The molecule has 0 radical (unpaired) electrons. The van der Waals surface area contributed by atoms with Gasteiger partial charge in [-0.15, -0.1) is 0 Å². The Hall–Kier alpha value is -6.18. The number of alkyl carbamates (subject to hydrolysis) is 2. The van der Waals surface area contributed by atoms with Crippen LogP contribution in [0.1, 0.15) is 76.1 Å². The van der Waals surface area contributed by atoms with Crippen LogP contribution in [0.2, 0.25) is 0 Å². The number of amides is 4. The fraction of sp³-hybridized carbons (Fsp3) is 0.381. The number of carbonyl (C=O) groups is 4. The van der Waals surface area contributed by atoms with E-state index >= 15 is 0 Å². The second-order valence-corrected chi connectivity index (χ2v) is 14.7. The zero-order chi connectivity index (χ0) is 39.3. The molecule has 4 amide bonds. The first-order chi connectivity index (χ1) is 27.1. The fourth-order valence-corrected chi connectivity index (χ4v) is 7.98. The number of aromatic amines is 2. The van der Waals surface area contributed by atoms with Gasteiger partial charge in [-0.3, -0.25) is 14.9 Å². The number of nitrogens with zero attached hydrogens (tertiary/aromatic N) is 4. The van der Waals surface area contributed by atoms with Crippen LogP contribution in [-0.4, -0.2) is 87.1 Å². The van der Waals surface area contributed by atoms with E-state index < -0.39 is 18.2 Å². The van der Waals surface area contributed by atoms with Gasteiger partial charge in [0, 0.05) is 13.1 Å². The Morgan fingerprint density at radius 1 is 0.750 bits per heavy atom. The lowest BCUT2D eigenvalue weighted by Gasteiger charge is -2.31. The summed E-state index contributed by atoms with van der Waals surface area (Å²) in [5, 5.41) is 5.38. The number of imidazole rings is 2. The van der Waals surface area contributed by atoms with Gasteiger partial charge >= 0.3 is 12.2 Å². The molecular formula is C42H48N8O6. The van der Waals surface area contributed by atoms with Gasteiger partial charge in [-0.2, -0.15) is 0 Å². The number of aromatic nitrogens is 4. The Balaban J connectivity index is 1.00. The summed E-state index contributed by atoms with van der Waals surface area (Å²) in [6.07, 6.45) is 11.7. The van der Waals surface area contributed by atoms with Crippen molar-refractivity contribution in [1.82, 2.24) is 40.4 Å². The lowest BCUT2D eigenvalue weighted by atomic mass is 9.96. The third-order valence-electron chi connectivity index (χ3n) is 11.0. The van der Waals surface area contributed by atoms with Crippen LogP contribution < -0.4 is 10.6 Å². The van der Waals surface area contributed by atoms with Gasteiger partial charge in [-0.25, -0.2) is 19.6 Å². The molecule has 0 spiro atoms. The minimum atomic E-state index is -0.683. The average Bonchev–Trinajstić information content (AvgIpc) is 4.07. The molecule has 4 aromatic rings. The topological polar surface area (TPSA) is 175 Å². The number of benzene rings is 2. The first kappa shape index (κ1) is 38.1. The van der Waals surface area contributed by atoms with Crippen molar-refractivity contribution in [3.8, 4) is 33.6 Å². The second kappa shape index (κ2) is 16.7. The number of hydrogen-bond acceptors (Lipinski definition) is 8. The minimum absolute atomic E-state index is 0.0798. The van der Waals surface area contributed by atoms with Crippen LogP contribution in [0.15, 0.2) is 84.3 Å². The molecule has 292 valence electrons. The van der Waals surface area contributed by atoms with E-state index in [0.717, 1.165) is 72.2 Å². The quantitative estimate of drug-likeness (QED) is 0.101. The monoisotopic (exact) mass is 760 g/mol. The maximum Gasteiger partial charge on any atom is 0.411 e. The Labute approximate surface area is 325 Å². The van der Waals surface area contributed by atoms with Gasteiger partial charge in [0.1, 0.15) is 29.4 Å². The molecule has 2 aliphatic heterocycles. The summed E-state index contributed by atoms with van der Waals surface area (Å²) < 4.78 is 9.56. The Kier molecular flexibility index (Phi) is 11.3. The Morgan fingerprint density at radius 3 is 1.91 bits per heavy atom. The lowest BCUT2D eigenvalue weighted by molar-refractivity contribution is -0.135. The Bertz CT molecular complexity index is 2130. The van der Waals surface area contributed by atoms with Crippen LogP contribution >= 0.6 is 0 Å². The molecule has 2 aromatic heterocycles. The van der Waals surface area contributed by atoms with Gasteiger partial charge in [-0.05, 0) is 73.3 Å². The lowest BCUT2D eigenvalue weighted by Crippen LogP contribution is -2.51. The van der Waals surface area contributed by atoms with E-state index in [1.165, 1.54) is 14.2 Å². The predicted octanol–water partition coefficient (Wildman–Crippen LogP) is 6.80. The highest BCUT2D eigenvalue weighted by Gasteiger charge is 2.39. The summed E-state index contributed by atoms with van der Waals surface area (Å²) >= 11 is 0. The maximum absolute atomic E-state index is 13.8. The molecule has 4 heterocycles. The van der Waals surface area contributed by atoms with Gasteiger partial charge in [0.2, 0.25) is 5.91 Å². The maximum atomic E-state index is 13.8. The van der Waals surface area contributed by atoms with E-state index in [2.05, 4.69) is 54.8 Å². The summed E-state index contributed by atoms with van der Waals surface area (Å²) in [4.78, 5) is 71.1. The zero-order valence-electron chi connectivity index (χ0n) is 32.1. The van der Waals surface area contributed by atoms with E-state index in [1.54, 1.807) is 36.0 Å². The number of H-pyrrole nitrogens is 2. The summed E-state index contributed by atoms with van der Waals surface area (Å²) in [6, 6.07) is 15.2. The van der Waals surface area contributed by atoms with Crippen molar-refractivity contribution in [1.29, 1.82) is 0 Å². The van der Waals surface area contributed by atoms with Crippen molar-refractivity contribution in [3.63, 3.8) is 0 Å². The number of methoxy groups -OCH3 is 2. The van der Waals surface area contributed by atoms with E-state index in [0.29, 0.717) is 30.3 Å². The first-order valence-corrected chi connectivity index (χ1v) is 19.1. The third kappa shape index (κ3) is 7.95. The highest BCUT2D eigenvalue weighted by Crippen LogP contribution is 2.35. The van der Waals surface area contributed by atoms with Gasteiger partial charge in [0.05, 0.1) is 44.0 Å². The molecule has 7 rings (SSSR count). The zero-order valence-corrected chi connectivity index (χ0v) is 32.1. The number of likely N-dealkylation sites (tertiary alicyclic amines) is 1. The molecule has 2 fully saturated rings. The molecule has 1 aliphatic carbocycles. The molecular weight excluding hydrogens is 713 g/mol. The number of hydrogen-bond donors (Lipinski definition) is 4. The molecule has 0 bridgehead atoms. The number of carbonyl (C=O) groups excluding carboxylic acids is 4. The van der Waals surface area contributed by atoms with Crippen molar-refractivity contribution >= 4 is 24.0 Å². The van der Waals surface area contributed by atoms with Crippen LogP contribution in [0.25, 0.3) is 33.6 Å². The molecule has 1 unspecified atom stereocenters. The summed E-state index contributed by atoms with van der Waals surface area (Å²) in [5.74, 6) is 1.05. The van der Waals surface area contributed by atoms with Crippen LogP contribution in [0.5, 0.6) is 0 Å². The van der Waals surface area contributed by atoms with Crippen LogP contribution in [0.4, 0.5) is 9.59 Å². The molecule has 3 aliphatic rings. The molecule has 3 atom stereocenters. The van der Waals surface area contributed by atoms with Gasteiger partial charge in [-0.1, -0.05) is 73.5 Å². The van der Waals surface area contributed by atoms with Crippen molar-refractivity contribution in [2.24, 2.45) is 5.92 Å². The van der Waals surface area contributed by atoms with Gasteiger partial charge in [0.25, 0.3) is 5.91 Å². The number of rotatable bonds is 10. The fourth-order valence-electron chi connectivity index (χ4n) is 7.98. The first-order valence-electron chi connectivity index (χ1n) is 19.1. The summed E-state index contributed by atoms with van der Waals surface area (Å²) in [7, 11) is 2.58. The molecule has 1 saturated carbocycles. The summed E-state index contributed by atoms with van der Waals surface area (Å²) in [6.45, 7) is 4.56. The van der Waals surface area contributed by atoms with E-state index in [-0.39, 0.29) is 35.5 Å². The largest absolute Gasteiger partial charge is 0.453 e. The van der Waals surface area contributed by atoms with Crippen LogP contribution in [0, 0.1) is 5.92 Å². The number of ether oxygens (including phenoxy) is 2. The standard InChI is InChI=1S/C42H48N8O6/c1-25(2)35(47-41(53)55-3)39(51)49-21-7-11-33(49)37-43-23-31(45-37)28-17-13-26(14-18-28)27-15-19-29(20-16-27)32-24-44-38(46-32)34-12-8-22-50(34)40(52)36(48-42(54)56-4)30-9-5-6-10-30/h8,12-20,23-24,30,33-34,36H,5-7,9-11,21-22H2,1-4H3,(H,43,45)(H,44,46)(H,47,53)(H,48,54)/t33-,34-,36?/m0/s1. The van der Waals surface area contributed by atoms with Gasteiger partial charge < -0.3 is 34.6 Å². The molecule has 2 aromatic carbocycles. The van der Waals surface area contributed by atoms with Crippen molar-refractivity contribution < 1.29 is 28.7 Å². The van der Waals surface area contributed by atoms with Gasteiger partial charge in [0.15, 0.2) is 0 Å². The summed E-state index contributed by atoms with van der Waals surface area (Å²) in [5.41, 5.74) is 6.61. The predicted molar refractivity (Wildman–Crippen MR) is 210 cm³/mol. The molecule has 14 nitrogen and oxygen atoms in total. The van der Waals surface area contributed by atoms with E-state index in [9.17, 15) is 19.2 Å². The van der Waals surface area contributed by atoms with Crippen molar-refractivity contribution in [2.75, 3.05) is 27.3 Å². The Morgan fingerprint density at radius 2 is 1.32 bits per heavy atom. The van der Waals surface area contributed by atoms with Crippen molar-refractivity contribution in [2.45, 2.75) is 70.5 Å². The highest BCUT2D eigenvalue weighted by atomic mass is 16.5. The smallest absolute Gasteiger partial charge is 0.411 e. The normalized spacial score (nSPS) is 18.5. The highest BCUT2D eigenvalue weighted by molar-refractivity contribution is 5.97. The third-order valence-corrected chi connectivity index (χ3v) is 11.0. The SMILES string of the molecule is COC(=O)NC(C(=O)N1CCC[C@H]1c1ncc(-c2ccc(-c3ccc(-c4cnc([C@@H]5C=CCN5C(=O)C(NC(=O)OC)C5CCCC5)[nH]4)cc3)cc2)[nH]1)=C(C)C. The number of nitrogens with one attached hydrogen (secondary N) is 4.